The van der Waals surface area contributed by atoms with Crippen LogP contribution in [0.4, 0.5) is 4.39 Å². The molecule has 1 aromatic carbocycles. The van der Waals surface area contributed by atoms with Gasteiger partial charge in [0, 0.05) is 48.7 Å². The van der Waals surface area contributed by atoms with E-state index in [4.69, 9.17) is 4.98 Å². The third kappa shape index (κ3) is 4.00. The van der Waals surface area contributed by atoms with E-state index in [9.17, 15) is 4.39 Å². The molecule has 0 radical (unpaired) electrons. The molecule has 158 valence electrons. The van der Waals surface area contributed by atoms with E-state index in [1.807, 2.05) is 72.8 Å². The zero-order valence-corrected chi connectivity index (χ0v) is 19.0. The number of hydrogen-bond acceptors (Lipinski definition) is 2. The van der Waals surface area contributed by atoms with E-state index in [1.165, 1.54) is 6.07 Å². The van der Waals surface area contributed by atoms with Crippen LogP contribution in [0.25, 0.3) is 57.5 Å². The summed E-state index contributed by atoms with van der Waals surface area (Å²) in [7, 11) is 0. The van der Waals surface area contributed by atoms with Crippen LogP contribution < -0.4 is 0 Å². The van der Waals surface area contributed by atoms with Crippen molar-refractivity contribution in [3.05, 3.63) is 95.3 Å². The Kier molecular flexibility index (Phi) is 5.20. The Balaban J connectivity index is 0.00000216. The second-order valence-electron chi connectivity index (χ2n) is 7.60. The number of nitrogens with zero attached hydrogens (tertiary/aromatic N) is 2. The standard InChI is InChI=1S/C26H17FN4.Pt/c27-17-3-1-2-16(10-17)25-14-24-13-22-7-6-20(29-22)11-18-4-5-19(28-18)12-21-8-9-23(30-21)15-26(25)31-24;/h1-15,29,31H;. The number of halogens is 1. The average Bonchev–Trinajstić information content (AvgIpc) is 3.53. The second-order valence-corrected chi connectivity index (χ2v) is 7.60. The van der Waals surface area contributed by atoms with Crippen molar-refractivity contribution in [3.8, 4) is 11.1 Å². The Morgan fingerprint density at radius 2 is 1.25 bits per heavy atom. The molecule has 0 aliphatic carbocycles. The molecule has 2 aliphatic rings. The molecule has 2 aliphatic heterocycles. The van der Waals surface area contributed by atoms with Crippen LogP contribution in [0.1, 0.15) is 22.8 Å². The van der Waals surface area contributed by atoms with Gasteiger partial charge in [-0.3, -0.25) is 0 Å². The molecular weight excluding hydrogens is 582 g/mol. The minimum Gasteiger partial charge on any atom is -0.355 e. The van der Waals surface area contributed by atoms with E-state index in [0.29, 0.717) is 0 Å². The topological polar surface area (TPSA) is 57.4 Å². The number of hydrogen-bond donors (Lipinski definition) is 2. The molecule has 0 spiro atoms. The predicted molar refractivity (Wildman–Crippen MR) is 124 cm³/mol. The Labute approximate surface area is 197 Å². The van der Waals surface area contributed by atoms with Crippen LogP contribution in [-0.2, 0) is 21.1 Å². The maximum atomic E-state index is 13.9. The largest absolute Gasteiger partial charge is 0.355 e. The molecule has 4 aromatic rings. The SMILES string of the molecule is Fc1cccc(-c2cc3cc4ccc(cc5nc(cc6nc(cc2[nH]3)C=C6)C=C5)[nH]4)c1.[Pt]. The normalized spacial score (nSPS) is 12.0. The minimum atomic E-state index is -0.261. The van der Waals surface area contributed by atoms with Crippen molar-refractivity contribution in [1.29, 1.82) is 0 Å². The van der Waals surface area contributed by atoms with Crippen molar-refractivity contribution in [2.75, 3.05) is 0 Å². The van der Waals surface area contributed by atoms with E-state index < -0.39 is 0 Å². The van der Waals surface area contributed by atoms with Crippen molar-refractivity contribution in [1.82, 2.24) is 19.9 Å². The zero-order chi connectivity index (χ0) is 20.8. The van der Waals surface area contributed by atoms with Crippen LogP contribution in [0.3, 0.4) is 0 Å². The molecule has 0 fully saturated rings. The minimum absolute atomic E-state index is 0. The first-order chi connectivity index (χ1) is 15.2. The summed E-state index contributed by atoms with van der Waals surface area (Å²) in [6.45, 7) is 0. The third-order valence-corrected chi connectivity index (χ3v) is 5.30. The Morgan fingerprint density at radius 1 is 0.594 bits per heavy atom. The van der Waals surface area contributed by atoms with Gasteiger partial charge in [0.2, 0.25) is 0 Å². The van der Waals surface area contributed by atoms with Gasteiger partial charge in [-0.05, 0) is 84.5 Å². The van der Waals surface area contributed by atoms with Gasteiger partial charge in [-0.25, -0.2) is 14.4 Å². The van der Waals surface area contributed by atoms with Gasteiger partial charge in [0.1, 0.15) is 5.82 Å². The molecule has 4 nitrogen and oxygen atoms in total. The summed E-state index contributed by atoms with van der Waals surface area (Å²) in [5, 5.41) is 0. The number of aromatic nitrogens is 4. The zero-order valence-electron chi connectivity index (χ0n) is 16.7. The fourth-order valence-electron chi connectivity index (χ4n) is 3.91. The van der Waals surface area contributed by atoms with Crippen molar-refractivity contribution in [3.63, 3.8) is 0 Å². The molecule has 6 heteroatoms. The van der Waals surface area contributed by atoms with E-state index >= 15 is 0 Å². The molecule has 3 aromatic heterocycles. The number of fused-ring (bicyclic) bond motifs is 8. The van der Waals surface area contributed by atoms with Gasteiger partial charge in [-0.1, -0.05) is 12.1 Å². The quantitative estimate of drug-likeness (QED) is 0.228. The Morgan fingerprint density at radius 3 is 1.97 bits per heavy atom. The van der Waals surface area contributed by atoms with Crippen LogP contribution >= 0.6 is 0 Å². The number of nitrogens with one attached hydrogen (secondary N) is 2. The summed E-state index contributed by atoms with van der Waals surface area (Å²) in [5.74, 6) is -0.261. The fourth-order valence-corrected chi connectivity index (χ4v) is 3.91. The van der Waals surface area contributed by atoms with Crippen LogP contribution in [0, 0.1) is 5.82 Å². The third-order valence-electron chi connectivity index (χ3n) is 5.30. The first-order valence-electron chi connectivity index (χ1n) is 10.0. The molecule has 6 rings (SSSR count). The molecule has 0 atom stereocenters. The summed E-state index contributed by atoms with van der Waals surface area (Å²) < 4.78 is 13.9. The predicted octanol–water partition coefficient (Wildman–Crippen LogP) is 6.46. The number of H-pyrrole nitrogens is 2. The number of benzene rings is 1. The van der Waals surface area contributed by atoms with E-state index in [2.05, 4.69) is 15.0 Å². The van der Waals surface area contributed by atoms with Gasteiger partial charge < -0.3 is 9.97 Å². The molecule has 32 heavy (non-hydrogen) atoms. The maximum Gasteiger partial charge on any atom is 0.123 e. The van der Waals surface area contributed by atoms with Crippen LogP contribution in [0.15, 0.2) is 66.7 Å². The Hall–Kier alpha value is -3.56. The van der Waals surface area contributed by atoms with Crippen molar-refractivity contribution in [2.45, 2.75) is 0 Å². The summed E-state index contributed by atoms with van der Waals surface area (Å²) in [5.41, 5.74) is 8.88. The van der Waals surface area contributed by atoms with E-state index in [-0.39, 0.29) is 26.9 Å². The summed E-state index contributed by atoms with van der Waals surface area (Å²) in [6.07, 6.45) is 7.91. The summed E-state index contributed by atoms with van der Waals surface area (Å²) in [6, 6.07) is 20.7. The maximum absolute atomic E-state index is 13.9. The Bertz CT molecular complexity index is 1560. The molecule has 0 unspecified atom stereocenters. The fraction of sp³-hybridized carbons (Fsp3) is 0. The smallest absolute Gasteiger partial charge is 0.123 e. The van der Waals surface area contributed by atoms with Crippen molar-refractivity contribution < 1.29 is 25.5 Å². The second kappa shape index (κ2) is 8.17. The first kappa shape index (κ1) is 20.3. The summed E-state index contributed by atoms with van der Waals surface area (Å²) >= 11 is 0. The van der Waals surface area contributed by atoms with E-state index in [1.54, 1.807) is 12.1 Å². The molecule has 0 amide bonds. The van der Waals surface area contributed by atoms with Crippen molar-refractivity contribution in [2.24, 2.45) is 0 Å². The molecule has 0 saturated heterocycles. The number of rotatable bonds is 1. The molecule has 2 N–H and O–H groups in total. The van der Waals surface area contributed by atoms with Crippen LogP contribution in [0.2, 0.25) is 0 Å². The van der Waals surface area contributed by atoms with Crippen LogP contribution in [0.5, 0.6) is 0 Å². The van der Waals surface area contributed by atoms with E-state index in [0.717, 1.165) is 56.0 Å². The molecule has 8 bridgehead atoms. The average molecular weight is 600 g/mol. The first-order valence-corrected chi connectivity index (χ1v) is 10.0. The monoisotopic (exact) mass is 599 g/mol. The van der Waals surface area contributed by atoms with Gasteiger partial charge >= 0.3 is 0 Å². The summed E-state index contributed by atoms with van der Waals surface area (Å²) in [4.78, 5) is 16.2. The number of aromatic amines is 2. The van der Waals surface area contributed by atoms with Gasteiger partial charge in [-0.2, -0.15) is 0 Å². The van der Waals surface area contributed by atoms with Gasteiger partial charge in [0.05, 0.1) is 22.8 Å². The van der Waals surface area contributed by atoms with Crippen LogP contribution in [-0.4, -0.2) is 19.9 Å². The van der Waals surface area contributed by atoms with Crippen molar-refractivity contribution >= 4 is 46.4 Å². The molecular formula is C26H17FN4Pt. The molecule has 5 heterocycles. The van der Waals surface area contributed by atoms with Gasteiger partial charge in [0.25, 0.3) is 0 Å². The molecule has 0 saturated carbocycles. The van der Waals surface area contributed by atoms with Gasteiger partial charge in [-0.15, -0.1) is 0 Å². The van der Waals surface area contributed by atoms with Gasteiger partial charge in [0.15, 0.2) is 0 Å².